The van der Waals surface area contributed by atoms with Crippen LogP contribution in [0.15, 0.2) is 12.2 Å². The van der Waals surface area contributed by atoms with Crippen molar-refractivity contribution in [2.45, 2.75) is 19.0 Å². The summed E-state index contributed by atoms with van der Waals surface area (Å²) < 4.78 is 0. The fourth-order valence-corrected chi connectivity index (χ4v) is 1.13. The van der Waals surface area contributed by atoms with Crippen molar-refractivity contribution in [3.05, 3.63) is 12.2 Å². The van der Waals surface area contributed by atoms with Gasteiger partial charge < -0.3 is 0 Å². The summed E-state index contributed by atoms with van der Waals surface area (Å²) in [5.74, 6) is 0. The summed E-state index contributed by atoms with van der Waals surface area (Å²) in [5.41, 5.74) is 0. The molecule has 0 amide bonds. The Labute approximate surface area is 67.5 Å². The van der Waals surface area contributed by atoms with Gasteiger partial charge in [0.25, 0.3) is 0 Å². The topological polar surface area (TPSA) is 30.3 Å². The molecule has 2 atom stereocenters. The Kier molecular flexibility index (Phi) is 2.28. The molecule has 2 unspecified atom stereocenters. The molecular weight excluding hydrogens is 138 g/mol. The first-order valence-electron chi connectivity index (χ1n) is 3.70. The Bertz CT molecular complexity index is 204. The molecule has 0 saturated carbocycles. The summed E-state index contributed by atoms with van der Waals surface area (Å²) in [6, 6.07) is 2.49. The standard InChI is InChI=1S/C8H13N3/c1-7-4-5-8(6-9)11(3)10(7)2/h4-5,7-8H,1-3H3. The third-order valence-corrected chi connectivity index (χ3v) is 2.19. The molecule has 3 nitrogen and oxygen atoms in total. The van der Waals surface area contributed by atoms with Gasteiger partial charge in [-0.15, -0.1) is 0 Å². The zero-order valence-corrected chi connectivity index (χ0v) is 7.15. The maximum Gasteiger partial charge on any atom is 0.129 e. The second kappa shape index (κ2) is 3.04. The molecule has 0 aromatic carbocycles. The van der Waals surface area contributed by atoms with Gasteiger partial charge in [-0.3, -0.25) is 0 Å². The van der Waals surface area contributed by atoms with Crippen LogP contribution in [0.2, 0.25) is 0 Å². The third kappa shape index (κ3) is 1.42. The van der Waals surface area contributed by atoms with Crippen LogP contribution in [0.25, 0.3) is 0 Å². The lowest BCUT2D eigenvalue weighted by Crippen LogP contribution is -2.49. The minimum atomic E-state index is -0.101. The summed E-state index contributed by atoms with van der Waals surface area (Å²) in [5, 5.41) is 12.7. The van der Waals surface area contributed by atoms with Crippen molar-refractivity contribution in [1.29, 1.82) is 5.26 Å². The summed E-state index contributed by atoms with van der Waals surface area (Å²) in [6.07, 6.45) is 3.98. The molecule has 1 heterocycles. The van der Waals surface area contributed by atoms with Gasteiger partial charge in [-0.2, -0.15) is 5.26 Å². The molecular formula is C8H13N3. The largest absolute Gasteiger partial charge is 0.237 e. The molecule has 0 saturated heterocycles. The Morgan fingerprint density at radius 3 is 2.45 bits per heavy atom. The van der Waals surface area contributed by atoms with Crippen molar-refractivity contribution < 1.29 is 0 Å². The second-order valence-corrected chi connectivity index (χ2v) is 2.85. The van der Waals surface area contributed by atoms with Crippen LogP contribution in [0, 0.1) is 11.3 Å². The molecule has 1 rings (SSSR count). The number of hydrogen-bond donors (Lipinski definition) is 0. The fraction of sp³-hybridized carbons (Fsp3) is 0.625. The van der Waals surface area contributed by atoms with Gasteiger partial charge in [-0.25, -0.2) is 10.0 Å². The van der Waals surface area contributed by atoms with E-state index in [0.29, 0.717) is 6.04 Å². The van der Waals surface area contributed by atoms with Gasteiger partial charge in [0.15, 0.2) is 0 Å². The Balaban J connectivity index is 2.78. The van der Waals surface area contributed by atoms with Gasteiger partial charge in [0, 0.05) is 20.1 Å². The van der Waals surface area contributed by atoms with Gasteiger partial charge in [0.05, 0.1) is 6.07 Å². The molecule has 0 bridgehead atoms. The predicted molar refractivity (Wildman–Crippen MR) is 43.5 cm³/mol. The molecule has 0 aliphatic carbocycles. The van der Waals surface area contributed by atoms with Crippen LogP contribution in [0.5, 0.6) is 0 Å². The Morgan fingerprint density at radius 1 is 1.27 bits per heavy atom. The van der Waals surface area contributed by atoms with E-state index < -0.39 is 0 Å². The summed E-state index contributed by atoms with van der Waals surface area (Å²) in [4.78, 5) is 0. The van der Waals surface area contributed by atoms with Gasteiger partial charge >= 0.3 is 0 Å². The maximum atomic E-state index is 8.70. The SMILES string of the molecule is CC1C=CC(C#N)N(C)N1C. The third-order valence-electron chi connectivity index (χ3n) is 2.19. The number of hydrazine groups is 1. The van der Waals surface area contributed by atoms with Gasteiger partial charge in [-0.05, 0) is 6.92 Å². The lowest BCUT2D eigenvalue weighted by Gasteiger charge is -2.37. The number of rotatable bonds is 0. The number of likely N-dealkylation sites (N-methyl/N-ethyl adjacent to an activating group) is 2. The minimum Gasteiger partial charge on any atom is -0.237 e. The van der Waals surface area contributed by atoms with E-state index >= 15 is 0 Å². The fourth-order valence-electron chi connectivity index (χ4n) is 1.13. The molecule has 0 radical (unpaired) electrons. The van der Waals surface area contributed by atoms with Crippen molar-refractivity contribution >= 4 is 0 Å². The zero-order valence-electron chi connectivity index (χ0n) is 7.15. The maximum absolute atomic E-state index is 8.70. The first kappa shape index (κ1) is 8.25. The van der Waals surface area contributed by atoms with E-state index in [9.17, 15) is 0 Å². The average molecular weight is 151 g/mol. The highest BCUT2D eigenvalue weighted by molar-refractivity contribution is 5.11. The highest BCUT2D eigenvalue weighted by Gasteiger charge is 2.22. The molecule has 3 heteroatoms. The van der Waals surface area contributed by atoms with E-state index in [-0.39, 0.29) is 6.04 Å². The predicted octanol–water partition coefficient (Wildman–Crippen LogP) is 0.615. The molecule has 0 fully saturated rings. The monoisotopic (exact) mass is 151 g/mol. The van der Waals surface area contributed by atoms with E-state index in [0.717, 1.165) is 0 Å². The molecule has 1 aliphatic rings. The molecule has 0 aromatic heterocycles. The van der Waals surface area contributed by atoms with Gasteiger partial charge in [0.2, 0.25) is 0 Å². The van der Waals surface area contributed by atoms with Crippen molar-refractivity contribution in [2.75, 3.05) is 14.1 Å². The second-order valence-electron chi connectivity index (χ2n) is 2.85. The lowest BCUT2D eigenvalue weighted by atomic mass is 10.2. The summed E-state index contributed by atoms with van der Waals surface area (Å²) in [6.45, 7) is 2.10. The number of nitriles is 1. The molecule has 60 valence electrons. The lowest BCUT2D eigenvalue weighted by molar-refractivity contribution is -0.00942. The van der Waals surface area contributed by atoms with Crippen LogP contribution in [0.1, 0.15) is 6.92 Å². The zero-order chi connectivity index (χ0) is 8.43. The smallest absolute Gasteiger partial charge is 0.129 e. The first-order valence-corrected chi connectivity index (χ1v) is 3.70. The summed E-state index contributed by atoms with van der Waals surface area (Å²) in [7, 11) is 3.91. The van der Waals surface area contributed by atoms with E-state index in [1.807, 2.05) is 36.3 Å². The van der Waals surface area contributed by atoms with Crippen LogP contribution in [-0.2, 0) is 0 Å². The van der Waals surface area contributed by atoms with Crippen LogP contribution in [-0.4, -0.2) is 36.2 Å². The van der Waals surface area contributed by atoms with Crippen molar-refractivity contribution in [3.8, 4) is 6.07 Å². The Morgan fingerprint density at radius 2 is 1.91 bits per heavy atom. The van der Waals surface area contributed by atoms with Crippen LogP contribution < -0.4 is 0 Å². The average Bonchev–Trinajstić information content (AvgIpc) is 2.01. The van der Waals surface area contributed by atoms with E-state index in [2.05, 4.69) is 13.0 Å². The van der Waals surface area contributed by atoms with Crippen molar-refractivity contribution in [3.63, 3.8) is 0 Å². The quantitative estimate of drug-likeness (QED) is 0.475. The normalized spacial score (nSPS) is 33.6. The molecule has 0 spiro atoms. The number of nitrogens with zero attached hydrogens (tertiary/aromatic N) is 3. The van der Waals surface area contributed by atoms with Gasteiger partial charge in [-0.1, -0.05) is 12.2 Å². The summed E-state index contributed by atoms with van der Waals surface area (Å²) >= 11 is 0. The Hall–Kier alpha value is -0.850. The van der Waals surface area contributed by atoms with Crippen molar-refractivity contribution in [1.82, 2.24) is 10.0 Å². The van der Waals surface area contributed by atoms with E-state index in [1.165, 1.54) is 0 Å². The minimum absolute atomic E-state index is 0.101. The van der Waals surface area contributed by atoms with Gasteiger partial charge in [0.1, 0.15) is 6.04 Å². The molecule has 0 aromatic rings. The van der Waals surface area contributed by atoms with E-state index in [4.69, 9.17) is 5.26 Å². The number of hydrogen-bond acceptors (Lipinski definition) is 3. The highest BCUT2D eigenvalue weighted by Crippen LogP contribution is 2.12. The molecule has 1 aliphatic heterocycles. The molecule has 0 N–H and O–H groups in total. The van der Waals surface area contributed by atoms with Crippen molar-refractivity contribution in [2.24, 2.45) is 0 Å². The van der Waals surface area contributed by atoms with Crippen LogP contribution >= 0.6 is 0 Å². The first-order chi connectivity index (χ1) is 5.16. The molecule has 11 heavy (non-hydrogen) atoms. The van der Waals surface area contributed by atoms with Crippen LogP contribution in [0.3, 0.4) is 0 Å². The van der Waals surface area contributed by atoms with E-state index in [1.54, 1.807) is 0 Å². The highest BCUT2D eigenvalue weighted by atomic mass is 15.6. The van der Waals surface area contributed by atoms with Crippen LogP contribution in [0.4, 0.5) is 0 Å².